The Morgan fingerprint density at radius 1 is 1.50 bits per heavy atom. The fraction of sp³-hybridized carbons (Fsp3) is 0.625. The molecular formula is C8H15N3S. The Labute approximate surface area is 76.8 Å². The minimum atomic E-state index is -0.0573. The molecule has 1 heterocycles. The van der Waals surface area contributed by atoms with Gasteiger partial charge < -0.3 is 11.5 Å². The Balaban J connectivity index is 3.09. The van der Waals surface area contributed by atoms with E-state index in [1.165, 1.54) is 16.2 Å². The zero-order valence-corrected chi connectivity index (χ0v) is 8.53. The topological polar surface area (TPSA) is 64.9 Å². The highest BCUT2D eigenvalue weighted by molar-refractivity contribution is 7.15. The minimum absolute atomic E-state index is 0.0573. The molecule has 0 aromatic carbocycles. The van der Waals surface area contributed by atoms with Gasteiger partial charge in [-0.1, -0.05) is 13.8 Å². The second-order valence-corrected chi connectivity index (χ2v) is 4.78. The number of aromatic nitrogens is 1. The molecule has 0 aliphatic heterocycles. The van der Waals surface area contributed by atoms with Crippen molar-refractivity contribution >= 4 is 16.5 Å². The molecule has 1 aromatic heterocycles. The van der Waals surface area contributed by atoms with E-state index in [2.05, 4.69) is 18.8 Å². The summed E-state index contributed by atoms with van der Waals surface area (Å²) in [4.78, 5) is 5.44. The van der Waals surface area contributed by atoms with Crippen molar-refractivity contribution in [1.29, 1.82) is 0 Å². The predicted octanol–water partition coefficient (Wildman–Crippen LogP) is 1.27. The summed E-state index contributed by atoms with van der Waals surface area (Å²) in [6.07, 6.45) is 0. The van der Waals surface area contributed by atoms with Crippen molar-refractivity contribution in [3.8, 4) is 0 Å². The van der Waals surface area contributed by atoms with E-state index in [1.54, 1.807) is 0 Å². The smallest absolute Gasteiger partial charge is 0.180 e. The summed E-state index contributed by atoms with van der Waals surface area (Å²) in [5.74, 6) is 0. The van der Waals surface area contributed by atoms with Crippen LogP contribution in [0.1, 0.15) is 24.4 Å². The van der Waals surface area contributed by atoms with Crippen LogP contribution >= 0.6 is 11.3 Å². The van der Waals surface area contributed by atoms with E-state index in [0.717, 1.165) is 5.69 Å². The SMILES string of the molecule is Cc1sc(N)nc1C(C)(C)CN. The molecule has 0 aliphatic carbocycles. The Kier molecular flexibility index (Phi) is 2.39. The number of hydrogen-bond acceptors (Lipinski definition) is 4. The molecule has 0 atom stereocenters. The molecule has 0 amide bonds. The van der Waals surface area contributed by atoms with Gasteiger partial charge in [0.15, 0.2) is 5.13 Å². The maximum atomic E-state index is 5.64. The van der Waals surface area contributed by atoms with Crippen molar-refractivity contribution in [2.45, 2.75) is 26.2 Å². The van der Waals surface area contributed by atoms with Gasteiger partial charge >= 0.3 is 0 Å². The van der Waals surface area contributed by atoms with Crippen LogP contribution in [0.4, 0.5) is 5.13 Å². The molecule has 0 spiro atoms. The standard InChI is InChI=1S/C8H15N3S/c1-5-6(8(2,3)4-9)11-7(10)12-5/h4,9H2,1-3H3,(H2,10,11). The van der Waals surface area contributed by atoms with E-state index in [4.69, 9.17) is 11.5 Å². The van der Waals surface area contributed by atoms with Crippen molar-refractivity contribution in [3.63, 3.8) is 0 Å². The van der Waals surface area contributed by atoms with Gasteiger partial charge in [0.2, 0.25) is 0 Å². The van der Waals surface area contributed by atoms with Gasteiger partial charge in [-0.05, 0) is 6.92 Å². The van der Waals surface area contributed by atoms with Crippen LogP contribution in [0.5, 0.6) is 0 Å². The molecule has 4 N–H and O–H groups in total. The van der Waals surface area contributed by atoms with Crippen LogP contribution in [-0.4, -0.2) is 11.5 Å². The van der Waals surface area contributed by atoms with Gasteiger partial charge in [-0.3, -0.25) is 0 Å². The first kappa shape index (κ1) is 9.48. The fourth-order valence-electron chi connectivity index (χ4n) is 1.14. The molecule has 4 heteroatoms. The number of rotatable bonds is 2. The highest BCUT2D eigenvalue weighted by Gasteiger charge is 2.24. The fourth-order valence-corrected chi connectivity index (χ4v) is 2.01. The number of aryl methyl sites for hydroxylation is 1. The lowest BCUT2D eigenvalue weighted by molar-refractivity contribution is 0.522. The first-order valence-corrected chi connectivity index (χ1v) is 4.72. The molecule has 0 bridgehead atoms. The number of anilines is 1. The number of nitrogens with two attached hydrogens (primary N) is 2. The third-order valence-corrected chi connectivity index (χ3v) is 2.76. The van der Waals surface area contributed by atoms with Crippen molar-refractivity contribution < 1.29 is 0 Å². The number of hydrogen-bond donors (Lipinski definition) is 2. The maximum Gasteiger partial charge on any atom is 0.180 e. The Morgan fingerprint density at radius 3 is 2.42 bits per heavy atom. The lowest BCUT2D eigenvalue weighted by Crippen LogP contribution is -2.29. The van der Waals surface area contributed by atoms with Crippen molar-refractivity contribution in [2.24, 2.45) is 5.73 Å². The van der Waals surface area contributed by atoms with E-state index in [-0.39, 0.29) is 5.41 Å². The van der Waals surface area contributed by atoms with E-state index >= 15 is 0 Å². The molecule has 3 nitrogen and oxygen atoms in total. The Bertz CT molecular complexity index is 278. The zero-order chi connectivity index (χ0) is 9.35. The molecule has 68 valence electrons. The second-order valence-electron chi connectivity index (χ2n) is 3.54. The monoisotopic (exact) mass is 185 g/mol. The minimum Gasteiger partial charge on any atom is -0.375 e. The van der Waals surface area contributed by atoms with Gasteiger partial charge in [-0.2, -0.15) is 0 Å². The van der Waals surface area contributed by atoms with Gasteiger partial charge in [-0.15, -0.1) is 11.3 Å². The molecular weight excluding hydrogens is 170 g/mol. The quantitative estimate of drug-likeness (QED) is 0.729. The molecule has 0 saturated heterocycles. The molecule has 1 aromatic rings. The summed E-state index contributed by atoms with van der Waals surface area (Å²) >= 11 is 1.52. The molecule has 0 fully saturated rings. The molecule has 12 heavy (non-hydrogen) atoms. The van der Waals surface area contributed by atoms with Gasteiger partial charge in [0.05, 0.1) is 5.69 Å². The summed E-state index contributed by atoms with van der Waals surface area (Å²) in [6, 6.07) is 0. The zero-order valence-electron chi connectivity index (χ0n) is 7.72. The van der Waals surface area contributed by atoms with Gasteiger partial charge in [-0.25, -0.2) is 4.98 Å². The Morgan fingerprint density at radius 2 is 2.08 bits per heavy atom. The maximum absolute atomic E-state index is 5.64. The van der Waals surface area contributed by atoms with Gasteiger partial charge in [0.1, 0.15) is 0 Å². The Hall–Kier alpha value is -0.610. The second kappa shape index (κ2) is 3.03. The van der Waals surface area contributed by atoms with Crippen LogP contribution in [-0.2, 0) is 5.41 Å². The lowest BCUT2D eigenvalue weighted by atomic mass is 9.89. The largest absolute Gasteiger partial charge is 0.375 e. The summed E-state index contributed by atoms with van der Waals surface area (Å²) in [5, 5.41) is 0.629. The summed E-state index contributed by atoms with van der Waals surface area (Å²) < 4.78 is 0. The van der Waals surface area contributed by atoms with E-state index in [9.17, 15) is 0 Å². The number of nitrogens with zero attached hydrogens (tertiary/aromatic N) is 1. The van der Waals surface area contributed by atoms with Crippen molar-refractivity contribution in [1.82, 2.24) is 4.98 Å². The summed E-state index contributed by atoms with van der Waals surface area (Å²) in [7, 11) is 0. The summed E-state index contributed by atoms with van der Waals surface area (Å²) in [5.41, 5.74) is 12.2. The van der Waals surface area contributed by atoms with Crippen molar-refractivity contribution in [3.05, 3.63) is 10.6 Å². The average molecular weight is 185 g/mol. The third kappa shape index (κ3) is 1.59. The average Bonchev–Trinajstić information content (AvgIpc) is 2.31. The lowest BCUT2D eigenvalue weighted by Gasteiger charge is -2.20. The van der Waals surface area contributed by atoms with Gasteiger partial charge in [0.25, 0.3) is 0 Å². The van der Waals surface area contributed by atoms with Crippen LogP contribution in [0.25, 0.3) is 0 Å². The first-order valence-electron chi connectivity index (χ1n) is 3.91. The van der Waals surface area contributed by atoms with Crippen LogP contribution < -0.4 is 11.5 Å². The number of nitrogen functional groups attached to an aromatic ring is 1. The van der Waals surface area contributed by atoms with E-state index in [1.807, 2.05) is 6.92 Å². The van der Waals surface area contributed by atoms with Crippen LogP contribution in [0.15, 0.2) is 0 Å². The van der Waals surface area contributed by atoms with Crippen molar-refractivity contribution in [2.75, 3.05) is 12.3 Å². The van der Waals surface area contributed by atoms with E-state index in [0.29, 0.717) is 11.7 Å². The molecule has 0 radical (unpaired) electrons. The third-order valence-electron chi connectivity index (χ3n) is 1.96. The van der Waals surface area contributed by atoms with Crippen LogP contribution in [0, 0.1) is 6.92 Å². The summed E-state index contributed by atoms with van der Waals surface area (Å²) in [6.45, 7) is 6.78. The van der Waals surface area contributed by atoms with Crippen LogP contribution in [0.2, 0.25) is 0 Å². The number of thiazole rings is 1. The molecule has 0 unspecified atom stereocenters. The highest BCUT2D eigenvalue weighted by atomic mass is 32.1. The highest BCUT2D eigenvalue weighted by Crippen LogP contribution is 2.29. The normalized spacial score (nSPS) is 12.0. The van der Waals surface area contributed by atoms with E-state index < -0.39 is 0 Å². The first-order chi connectivity index (χ1) is 5.47. The molecule has 0 aliphatic rings. The van der Waals surface area contributed by atoms with Crippen LogP contribution in [0.3, 0.4) is 0 Å². The van der Waals surface area contributed by atoms with Gasteiger partial charge in [0, 0.05) is 16.8 Å². The molecule has 0 saturated carbocycles. The molecule has 1 rings (SSSR count). The predicted molar refractivity (Wildman–Crippen MR) is 53.3 cm³/mol.